The Balaban J connectivity index is 0.000000671. The Morgan fingerprint density at radius 2 is 1.54 bits per heavy atom. The Labute approximate surface area is 82.2 Å². The third-order valence-corrected chi connectivity index (χ3v) is 3.51. The highest BCUT2D eigenvalue weighted by molar-refractivity contribution is 7.88. The lowest BCUT2D eigenvalue weighted by molar-refractivity contribution is 0.289. The molecule has 1 aliphatic heterocycles. The second kappa shape index (κ2) is 5.60. The summed E-state index contributed by atoms with van der Waals surface area (Å²) < 4.78 is 23.6. The average Bonchev–Trinajstić information content (AvgIpc) is 2.07. The number of nitrogens with zero attached hydrogens (tertiary/aromatic N) is 1. The van der Waals surface area contributed by atoms with Gasteiger partial charge in [0.2, 0.25) is 10.0 Å². The molecule has 1 fully saturated rings. The van der Waals surface area contributed by atoms with Gasteiger partial charge in [-0.2, -0.15) is 0 Å². The zero-order chi connectivity index (χ0) is 10.5. The lowest BCUT2D eigenvalue weighted by Gasteiger charge is -2.27. The summed E-state index contributed by atoms with van der Waals surface area (Å²) in [4.78, 5) is 0. The molecule has 1 aliphatic rings. The normalized spacial score (nSPS) is 20.6. The Morgan fingerprint density at radius 3 is 1.85 bits per heavy atom. The van der Waals surface area contributed by atoms with Gasteiger partial charge in [-0.1, -0.05) is 20.8 Å². The van der Waals surface area contributed by atoms with E-state index in [1.165, 1.54) is 6.26 Å². The van der Waals surface area contributed by atoms with Crippen LogP contribution in [-0.2, 0) is 10.0 Å². The van der Waals surface area contributed by atoms with Crippen molar-refractivity contribution in [3.8, 4) is 0 Å². The van der Waals surface area contributed by atoms with Crippen LogP contribution in [0.1, 0.15) is 33.6 Å². The van der Waals surface area contributed by atoms with Gasteiger partial charge in [0.15, 0.2) is 0 Å². The van der Waals surface area contributed by atoms with E-state index in [0.717, 1.165) is 12.8 Å². The molecule has 1 rings (SSSR count). The van der Waals surface area contributed by atoms with Crippen molar-refractivity contribution < 1.29 is 8.42 Å². The van der Waals surface area contributed by atoms with Crippen molar-refractivity contribution in [3.05, 3.63) is 0 Å². The van der Waals surface area contributed by atoms with Crippen molar-refractivity contribution in [2.45, 2.75) is 33.6 Å². The molecule has 0 radical (unpaired) electrons. The van der Waals surface area contributed by atoms with Gasteiger partial charge in [-0.05, 0) is 18.8 Å². The predicted octanol–water partition coefficient (Wildman–Crippen LogP) is 1.70. The molecular weight excluding hydrogens is 186 g/mol. The Bertz CT molecular complexity index is 216. The average molecular weight is 207 g/mol. The minimum Gasteiger partial charge on any atom is -0.213 e. The van der Waals surface area contributed by atoms with Crippen LogP contribution in [0.15, 0.2) is 0 Å². The smallest absolute Gasteiger partial charge is 0.211 e. The maximum Gasteiger partial charge on any atom is 0.211 e. The van der Waals surface area contributed by atoms with Crippen molar-refractivity contribution in [1.82, 2.24) is 4.31 Å². The summed E-state index contributed by atoms with van der Waals surface area (Å²) in [6, 6.07) is 0. The second-order valence-electron chi connectivity index (χ2n) is 3.34. The van der Waals surface area contributed by atoms with Gasteiger partial charge >= 0.3 is 0 Å². The fourth-order valence-electron chi connectivity index (χ4n) is 1.32. The molecule has 0 saturated carbocycles. The molecular formula is C9H21NO2S. The Hall–Kier alpha value is -0.0900. The van der Waals surface area contributed by atoms with Crippen LogP contribution in [0.5, 0.6) is 0 Å². The van der Waals surface area contributed by atoms with Crippen molar-refractivity contribution >= 4 is 10.0 Å². The first kappa shape index (κ1) is 12.9. The van der Waals surface area contributed by atoms with E-state index in [0.29, 0.717) is 19.0 Å². The topological polar surface area (TPSA) is 37.4 Å². The zero-order valence-electron chi connectivity index (χ0n) is 9.08. The zero-order valence-corrected chi connectivity index (χ0v) is 9.89. The molecule has 0 N–H and O–H groups in total. The van der Waals surface area contributed by atoms with Gasteiger partial charge in [0.05, 0.1) is 6.26 Å². The number of sulfonamides is 1. The molecule has 0 atom stereocenters. The van der Waals surface area contributed by atoms with E-state index < -0.39 is 10.0 Å². The molecule has 1 heterocycles. The first-order chi connectivity index (χ1) is 6.00. The maximum absolute atomic E-state index is 11.0. The number of hydrogen-bond donors (Lipinski definition) is 0. The fraction of sp³-hybridized carbons (Fsp3) is 1.00. The van der Waals surface area contributed by atoms with Gasteiger partial charge in [-0.25, -0.2) is 12.7 Å². The standard InChI is InChI=1S/C7H15NO2S.C2H6/c1-7-3-5-8(6-4-7)11(2,9)10;1-2/h7H,3-6H2,1-2H3;1-2H3. The van der Waals surface area contributed by atoms with E-state index in [-0.39, 0.29) is 0 Å². The quantitative estimate of drug-likeness (QED) is 0.656. The molecule has 0 aromatic rings. The first-order valence-corrected chi connectivity index (χ1v) is 6.80. The van der Waals surface area contributed by atoms with Gasteiger partial charge in [0, 0.05) is 13.1 Å². The molecule has 0 aromatic heterocycles. The molecule has 13 heavy (non-hydrogen) atoms. The molecule has 4 heteroatoms. The van der Waals surface area contributed by atoms with Crippen LogP contribution in [0.3, 0.4) is 0 Å². The summed E-state index contributed by atoms with van der Waals surface area (Å²) in [5.74, 6) is 0.688. The third-order valence-electron chi connectivity index (χ3n) is 2.21. The molecule has 0 aliphatic carbocycles. The van der Waals surface area contributed by atoms with Gasteiger partial charge in [0.1, 0.15) is 0 Å². The SMILES string of the molecule is CC.CC1CCN(S(C)(=O)=O)CC1. The number of rotatable bonds is 1. The van der Waals surface area contributed by atoms with Crippen LogP contribution in [0, 0.1) is 5.92 Å². The van der Waals surface area contributed by atoms with Gasteiger partial charge in [0.25, 0.3) is 0 Å². The molecule has 0 unspecified atom stereocenters. The van der Waals surface area contributed by atoms with Gasteiger partial charge < -0.3 is 0 Å². The summed E-state index contributed by atoms with van der Waals surface area (Å²) in [5, 5.41) is 0. The van der Waals surface area contributed by atoms with E-state index in [2.05, 4.69) is 6.92 Å². The van der Waals surface area contributed by atoms with E-state index in [1.807, 2.05) is 13.8 Å². The highest BCUT2D eigenvalue weighted by atomic mass is 32.2. The van der Waals surface area contributed by atoms with Gasteiger partial charge in [-0.15, -0.1) is 0 Å². The highest BCUT2D eigenvalue weighted by Gasteiger charge is 2.21. The van der Waals surface area contributed by atoms with Crippen molar-refractivity contribution in [2.24, 2.45) is 5.92 Å². The van der Waals surface area contributed by atoms with E-state index in [4.69, 9.17) is 0 Å². The number of hydrogen-bond acceptors (Lipinski definition) is 2. The Morgan fingerprint density at radius 1 is 1.15 bits per heavy atom. The minimum atomic E-state index is -2.92. The van der Waals surface area contributed by atoms with Crippen LogP contribution >= 0.6 is 0 Å². The van der Waals surface area contributed by atoms with Crippen LogP contribution < -0.4 is 0 Å². The predicted molar refractivity (Wildman–Crippen MR) is 56.2 cm³/mol. The number of piperidine rings is 1. The molecule has 0 spiro atoms. The van der Waals surface area contributed by atoms with Crippen molar-refractivity contribution in [1.29, 1.82) is 0 Å². The summed E-state index contributed by atoms with van der Waals surface area (Å²) >= 11 is 0. The third kappa shape index (κ3) is 4.62. The monoisotopic (exact) mass is 207 g/mol. The molecule has 0 bridgehead atoms. The van der Waals surface area contributed by atoms with Crippen LogP contribution in [0.2, 0.25) is 0 Å². The van der Waals surface area contributed by atoms with Crippen molar-refractivity contribution in [2.75, 3.05) is 19.3 Å². The van der Waals surface area contributed by atoms with E-state index in [9.17, 15) is 8.42 Å². The lowest BCUT2D eigenvalue weighted by atomic mass is 10.0. The van der Waals surface area contributed by atoms with E-state index in [1.54, 1.807) is 4.31 Å². The van der Waals surface area contributed by atoms with E-state index >= 15 is 0 Å². The first-order valence-electron chi connectivity index (χ1n) is 4.95. The van der Waals surface area contributed by atoms with Gasteiger partial charge in [-0.3, -0.25) is 0 Å². The summed E-state index contributed by atoms with van der Waals surface area (Å²) in [5.41, 5.74) is 0. The largest absolute Gasteiger partial charge is 0.213 e. The van der Waals surface area contributed by atoms with Crippen LogP contribution in [0.25, 0.3) is 0 Å². The molecule has 1 saturated heterocycles. The molecule has 80 valence electrons. The maximum atomic E-state index is 11.0. The lowest BCUT2D eigenvalue weighted by Crippen LogP contribution is -2.37. The van der Waals surface area contributed by atoms with Crippen LogP contribution in [0.4, 0.5) is 0 Å². The molecule has 3 nitrogen and oxygen atoms in total. The summed E-state index contributed by atoms with van der Waals surface area (Å²) in [7, 11) is -2.92. The molecule has 0 aromatic carbocycles. The second-order valence-corrected chi connectivity index (χ2v) is 5.33. The summed E-state index contributed by atoms with van der Waals surface area (Å²) in [6.45, 7) is 7.58. The fourth-order valence-corrected chi connectivity index (χ4v) is 2.19. The summed E-state index contributed by atoms with van der Waals surface area (Å²) in [6.07, 6.45) is 3.29. The van der Waals surface area contributed by atoms with Crippen LogP contribution in [-0.4, -0.2) is 32.1 Å². The van der Waals surface area contributed by atoms with Crippen molar-refractivity contribution in [3.63, 3.8) is 0 Å². The Kier molecular flexibility index (Phi) is 5.56. The highest BCUT2D eigenvalue weighted by Crippen LogP contribution is 2.17. The molecule has 0 amide bonds. The minimum absolute atomic E-state index is 0.688.